The number of carbonyl (C=O) groups is 1. The van der Waals surface area contributed by atoms with E-state index in [2.05, 4.69) is 4.98 Å². The lowest BCUT2D eigenvalue weighted by atomic mass is 10.1. The van der Waals surface area contributed by atoms with Gasteiger partial charge in [0.05, 0.1) is 7.11 Å². The minimum atomic E-state index is -0.148. The molecule has 1 heterocycles. The number of carbonyl (C=O) groups excluding carboxylic acids is 1. The van der Waals surface area contributed by atoms with E-state index < -0.39 is 0 Å². The first kappa shape index (κ1) is 12.6. The summed E-state index contributed by atoms with van der Waals surface area (Å²) in [4.78, 5) is 16.3. The monoisotopic (exact) mass is 261 g/mol. The molecule has 0 aliphatic heterocycles. The number of nitrogens with zero attached hydrogens (tertiary/aromatic N) is 1. The van der Waals surface area contributed by atoms with Crippen molar-refractivity contribution in [1.29, 1.82) is 0 Å². The average molecular weight is 262 g/mol. The highest BCUT2D eigenvalue weighted by Crippen LogP contribution is 2.22. The van der Waals surface area contributed by atoms with Crippen LogP contribution in [-0.2, 0) is 0 Å². The third kappa shape index (κ3) is 2.51. The maximum atomic E-state index is 12.2. The Bertz CT molecular complexity index is 579. The number of hydrogen-bond donors (Lipinski definition) is 0. The Morgan fingerprint density at radius 1 is 1.17 bits per heavy atom. The fraction of sp³-hybridized carbons (Fsp3) is 0.143. The van der Waals surface area contributed by atoms with Crippen molar-refractivity contribution in [2.24, 2.45) is 0 Å². The molecule has 92 valence electrons. The largest absolute Gasteiger partial charge is 0.480 e. The predicted molar refractivity (Wildman–Crippen MR) is 70.4 cm³/mol. The molecule has 0 spiro atoms. The van der Waals surface area contributed by atoms with Gasteiger partial charge in [0.15, 0.2) is 0 Å². The zero-order valence-corrected chi connectivity index (χ0v) is 10.9. The standard InChI is InChI=1S/C14H12ClNO2/c1-9-3-5-10(6-4-9)13(17)12-8-7-11(15)14(16-12)18-2/h3-8H,1-2H3. The third-order valence-electron chi connectivity index (χ3n) is 2.55. The van der Waals surface area contributed by atoms with Crippen LogP contribution in [0.15, 0.2) is 36.4 Å². The zero-order valence-electron chi connectivity index (χ0n) is 10.1. The van der Waals surface area contributed by atoms with Gasteiger partial charge in [-0.25, -0.2) is 4.98 Å². The van der Waals surface area contributed by atoms with Gasteiger partial charge in [-0.05, 0) is 19.1 Å². The molecular weight excluding hydrogens is 250 g/mol. The molecule has 0 saturated carbocycles. The summed E-state index contributed by atoms with van der Waals surface area (Å²) >= 11 is 5.87. The van der Waals surface area contributed by atoms with Crippen molar-refractivity contribution < 1.29 is 9.53 Å². The van der Waals surface area contributed by atoms with Crippen molar-refractivity contribution in [1.82, 2.24) is 4.98 Å². The van der Waals surface area contributed by atoms with Gasteiger partial charge in [0.2, 0.25) is 11.7 Å². The summed E-state index contributed by atoms with van der Waals surface area (Å²) in [6.45, 7) is 1.97. The lowest BCUT2D eigenvalue weighted by molar-refractivity contribution is 0.103. The van der Waals surface area contributed by atoms with Crippen LogP contribution in [0.2, 0.25) is 5.02 Å². The molecule has 0 unspecified atom stereocenters. The Kier molecular flexibility index (Phi) is 3.63. The number of rotatable bonds is 3. The summed E-state index contributed by atoms with van der Waals surface area (Å²) in [7, 11) is 1.47. The molecule has 0 bridgehead atoms. The normalized spacial score (nSPS) is 10.2. The molecule has 0 N–H and O–H groups in total. The van der Waals surface area contributed by atoms with Crippen LogP contribution in [0.3, 0.4) is 0 Å². The average Bonchev–Trinajstić information content (AvgIpc) is 2.39. The number of aryl methyl sites for hydroxylation is 1. The topological polar surface area (TPSA) is 39.2 Å². The number of ether oxygens (including phenoxy) is 1. The van der Waals surface area contributed by atoms with Gasteiger partial charge in [-0.3, -0.25) is 4.79 Å². The van der Waals surface area contributed by atoms with Crippen LogP contribution in [0.1, 0.15) is 21.6 Å². The molecule has 2 aromatic rings. The van der Waals surface area contributed by atoms with Crippen LogP contribution in [0, 0.1) is 6.92 Å². The van der Waals surface area contributed by atoms with Gasteiger partial charge in [-0.2, -0.15) is 0 Å². The molecule has 0 radical (unpaired) electrons. The van der Waals surface area contributed by atoms with Crippen molar-refractivity contribution in [3.8, 4) is 5.88 Å². The lowest BCUT2D eigenvalue weighted by Gasteiger charge is -2.05. The Balaban J connectivity index is 2.37. The van der Waals surface area contributed by atoms with Gasteiger partial charge in [-0.15, -0.1) is 0 Å². The second kappa shape index (κ2) is 5.19. The van der Waals surface area contributed by atoms with E-state index in [1.807, 2.05) is 19.1 Å². The number of halogens is 1. The molecule has 2 rings (SSSR count). The van der Waals surface area contributed by atoms with Crippen LogP contribution < -0.4 is 4.74 Å². The highest BCUT2D eigenvalue weighted by Gasteiger charge is 2.13. The van der Waals surface area contributed by atoms with E-state index in [1.165, 1.54) is 7.11 Å². The quantitative estimate of drug-likeness (QED) is 0.796. The van der Waals surface area contributed by atoms with E-state index in [1.54, 1.807) is 24.3 Å². The lowest BCUT2D eigenvalue weighted by Crippen LogP contribution is -2.05. The van der Waals surface area contributed by atoms with E-state index in [0.717, 1.165) is 5.56 Å². The Morgan fingerprint density at radius 3 is 2.44 bits per heavy atom. The van der Waals surface area contributed by atoms with Crippen molar-refractivity contribution in [2.75, 3.05) is 7.11 Å². The molecule has 0 saturated heterocycles. The zero-order chi connectivity index (χ0) is 13.1. The molecule has 0 aliphatic rings. The number of benzene rings is 1. The van der Waals surface area contributed by atoms with Gasteiger partial charge in [0.25, 0.3) is 0 Å². The summed E-state index contributed by atoms with van der Waals surface area (Å²) in [5.41, 5.74) is 2.02. The molecule has 0 aliphatic carbocycles. The molecule has 3 nitrogen and oxygen atoms in total. The van der Waals surface area contributed by atoms with Crippen LogP contribution in [0.25, 0.3) is 0 Å². The Hall–Kier alpha value is -1.87. The summed E-state index contributed by atoms with van der Waals surface area (Å²) in [5.74, 6) is 0.111. The van der Waals surface area contributed by atoms with E-state index in [9.17, 15) is 4.79 Å². The Morgan fingerprint density at radius 2 is 1.83 bits per heavy atom. The third-order valence-corrected chi connectivity index (χ3v) is 2.84. The number of hydrogen-bond acceptors (Lipinski definition) is 3. The van der Waals surface area contributed by atoms with Crippen molar-refractivity contribution in [2.45, 2.75) is 6.92 Å². The molecule has 1 aromatic carbocycles. The van der Waals surface area contributed by atoms with E-state index in [-0.39, 0.29) is 11.7 Å². The highest BCUT2D eigenvalue weighted by molar-refractivity contribution is 6.31. The van der Waals surface area contributed by atoms with Gasteiger partial charge >= 0.3 is 0 Å². The van der Waals surface area contributed by atoms with Gasteiger partial charge in [-0.1, -0.05) is 41.4 Å². The second-order valence-electron chi connectivity index (χ2n) is 3.88. The first-order chi connectivity index (χ1) is 8.61. The van der Waals surface area contributed by atoms with Crippen molar-refractivity contribution >= 4 is 17.4 Å². The molecule has 4 heteroatoms. The summed E-state index contributed by atoms with van der Waals surface area (Å²) in [6, 6.07) is 10.5. The molecule has 0 fully saturated rings. The summed E-state index contributed by atoms with van der Waals surface area (Å²) in [6.07, 6.45) is 0. The fourth-order valence-corrected chi connectivity index (χ4v) is 1.73. The maximum absolute atomic E-state index is 12.2. The number of pyridine rings is 1. The molecular formula is C14H12ClNO2. The molecule has 18 heavy (non-hydrogen) atoms. The first-order valence-corrected chi connectivity index (χ1v) is 5.81. The van der Waals surface area contributed by atoms with E-state index >= 15 is 0 Å². The number of methoxy groups -OCH3 is 1. The number of ketones is 1. The van der Waals surface area contributed by atoms with Crippen LogP contribution in [0.4, 0.5) is 0 Å². The van der Waals surface area contributed by atoms with E-state index in [0.29, 0.717) is 16.3 Å². The minimum absolute atomic E-state index is 0.148. The summed E-state index contributed by atoms with van der Waals surface area (Å²) < 4.78 is 5.00. The number of aromatic nitrogens is 1. The first-order valence-electron chi connectivity index (χ1n) is 5.43. The SMILES string of the molecule is COc1nc(C(=O)c2ccc(C)cc2)ccc1Cl. The minimum Gasteiger partial charge on any atom is -0.480 e. The Labute approximate surface area is 110 Å². The maximum Gasteiger partial charge on any atom is 0.232 e. The molecule has 0 atom stereocenters. The van der Waals surface area contributed by atoms with Crippen LogP contribution in [-0.4, -0.2) is 17.9 Å². The van der Waals surface area contributed by atoms with Crippen molar-refractivity contribution in [3.05, 3.63) is 58.2 Å². The van der Waals surface area contributed by atoms with Gasteiger partial charge < -0.3 is 4.74 Å². The van der Waals surface area contributed by atoms with Gasteiger partial charge in [0.1, 0.15) is 10.7 Å². The van der Waals surface area contributed by atoms with Gasteiger partial charge in [0, 0.05) is 5.56 Å². The molecule has 1 aromatic heterocycles. The molecule has 0 amide bonds. The smallest absolute Gasteiger partial charge is 0.232 e. The highest BCUT2D eigenvalue weighted by atomic mass is 35.5. The van der Waals surface area contributed by atoms with Crippen LogP contribution in [0.5, 0.6) is 5.88 Å². The second-order valence-corrected chi connectivity index (χ2v) is 4.29. The predicted octanol–water partition coefficient (Wildman–Crippen LogP) is 3.28. The van der Waals surface area contributed by atoms with Crippen LogP contribution >= 0.6 is 11.6 Å². The van der Waals surface area contributed by atoms with E-state index in [4.69, 9.17) is 16.3 Å². The summed E-state index contributed by atoms with van der Waals surface area (Å²) in [5, 5.41) is 0.387. The fourth-order valence-electron chi connectivity index (χ4n) is 1.55. The van der Waals surface area contributed by atoms with Crippen molar-refractivity contribution in [3.63, 3.8) is 0 Å².